The molecule has 0 heterocycles. The van der Waals surface area contributed by atoms with Gasteiger partial charge in [0, 0.05) is 6.04 Å². The van der Waals surface area contributed by atoms with Gasteiger partial charge in [0.2, 0.25) is 0 Å². The van der Waals surface area contributed by atoms with Gasteiger partial charge in [-0.15, -0.1) is 0 Å². The van der Waals surface area contributed by atoms with Crippen LogP contribution in [0.4, 0.5) is 0 Å². The van der Waals surface area contributed by atoms with Crippen LogP contribution in [-0.4, -0.2) is 18.8 Å². The summed E-state index contributed by atoms with van der Waals surface area (Å²) in [4.78, 5) is 0. The summed E-state index contributed by atoms with van der Waals surface area (Å²) in [5, 5.41) is 0. The monoisotopic (exact) mass is 213 g/mol. The lowest BCUT2D eigenvalue weighted by molar-refractivity contribution is -0.0217. The van der Waals surface area contributed by atoms with E-state index in [1.807, 2.05) is 0 Å². The first-order valence-corrected chi connectivity index (χ1v) is 6.52. The minimum atomic E-state index is 0.199. The van der Waals surface area contributed by atoms with Gasteiger partial charge < -0.3 is 10.5 Å². The Balaban J connectivity index is 2.29. The quantitative estimate of drug-likeness (QED) is 0.762. The van der Waals surface area contributed by atoms with Crippen molar-refractivity contribution in [1.82, 2.24) is 0 Å². The Hall–Kier alpha value is -0.0800. The van der Waals surface area contributed by atoms with Gasteiger partial charge in [-0.25, -0.2) is 0 Å². The van der Waals surface area contributed by atoms with Gasteiger partial charge in [-0.05, 0) is 24.7 Å². The molecule has 0 aromatic carbocycles. The number of hydrogen-bond acceptors (Lipinski definition) is 2. The predicted octanol–water partition coefficient (Wildman–Crippen LogP) is 2.96. The minimum absolute atomic E-state index is 0.199. The van der Waals surface area contributed by atoms with Crippen LogP contribution in [0.15, 0.2) is 0 Å². The molecular weight excluding hydrogens is 186 g/mol. The van der Waals surface area contributed by atoms with Gasteiger partial charge in [0.1, 0.15) is 0 Å². The zero-order valence-corrected chi connectivity index (χ0v) is 10.5. The first kappa shape index (κ1) is 13.0. The molecule has 0 aromatic rings. The molecule has 0 amide bonds. The van der Waals surface area contributed by atoms with E-state index in [-0.39, 0.29) is 6.04 Å². The number of nitrogens with two attached hydrogens (primary N) is 1. The van der Waals surface area contributed by atoms with E-state index in [9.17, 15) is 0 Å². The van der Waals surface area contributed by atoms with Crippen molar-refractivity contribution in [3.05, 3.63) is 0 Å². The average Bonchev–Trinajstić information content (AvgIpc) is 2.26. The van der Waals surface area contributed by atoms with Crippen molar-refractivity contribution in [2.75, 3.05) is 6.61 Å². The van der Waals surface area contributed by atoms with Crippen LogP contribution in [0.5, 0.6) is 0 Å². The van der Waals surface area contributed by atoms with E-state index in [0.717, 1.165) is 12.5 Å². The molecule has 1 aliphatic carbocycles. The van der Waals surface area contributed by atoms with Crippen LogP contribution in [0.2, 0.25) is 0 Å². The van der Waals surface area contributed by atoms with Crippen molar-refractivity contribution in [2.45, 2.75) is 65.0 Å². The molecule has 15 heavy (non-hydrogen) atoms. The Bertz CT molecular complexity index is 170. The number of hydrogen-bond donors (Lipinski definition) is 1. The van der Waals surface area contributed by atoms with Gasteiger partial charge in [-0.2, -0.15) is 0 Å². The molecule has 1 saturated carbocycles. The van der Waals surface area contributed by atoms with Crippen LogP contribution in [0.25, 0.3) is 0 Å². The zero-order chi connectivity index (χ0) is 11.3. The summed E-state index contributed by atoms with van der Waals surface area (Å²) in [6.45, 7) is 7.33. The van der Waals surface area contributed by atoms with Crippen molar-refractivity contribution in [1.29, 1.82) is 0 Å². The molecule has 0 aromatic heterocycles. The lowest BCUT2D eigenvalue weighted by atomic mass is 9.85. The van der Waals surface area contributed by atoms with E-state index < -0.39 is 0 Å². The molecule has 0 bridgehead atoms. The standard InChI is InChI=1S/C13H27NO/c1-4-11-7-5-6-8-13(11)15-9-12(14)10(2)3/h10-13H,4-9,14H2,1-3H3. The molecule has 2 nitrogen and oxygen atoms in total. The maximum atomic E-state index is 6.00. The van der Waals surface area contributed by atoms with Gasteiger partial charge in [-0.1, -0.05) is 40.0 Å². The van der Waals surface area contributed by atoms with Crippen LogP contribution < -0.4 is 5.73 Å². The molecule has 3 unspecified atom stereocenters. The Labute approximate surface area is 94.6 Å². The van der Waals surface area contributed by atoms with E-state index in [1.165, 1.54) is 32.1 Å². The molecular formula is C13H27NO. The van der Waals surface area contributed by atoms with Gasteiger partial charge >= 0.3 is 0 Å². The molecule has 2 heteroatoms. The maximum Gasteiger partial charge on any atom is 0.0623 e. The fourth-order valence-corrected chi connectivity index (χ4v) is 2.29. The minimum Gasteiger partial charge on any atom is -0.376 e. The van der Waals surface area contributed by atoms with Crippen molar-refractivity contribution in [2.24, 2.45) is 17.6 Å². The summed E-state index contributed by atoms with van der Waals surface area (Å²) in [7, 11) is 0. The lowest BCUT2D eigenvalue weighted by Gasteiger charge is -2.32. The maximum absolute atomic E-state index is 6.00. The van der Waals surface area contributed by atoms with Crippen molar-refractivity contribution < 1.29 is 4.74 Å². The molecule has 1 rings (SSSR count). The van der Waals surface area contributed by atoms with Crippen molar-refractivity contribution in [3.63, 3.8) is 0 Å². The lowest BCUT2D eigenvalue weighted by Crippen LogP contribution is -2.36. The molecule has 0 aliphatic heterocycles. The first-order chi connectivity index (χ1) is 7.15. The summed E-state index contributed by atoms with van der Waals surface area (Å²) in [6.07, 6.45) is 7.03. The Morgan fingerprint density at radius 3 is 2.53 bits per heavy atom. The van der Waals surface area contributed by atoms with Crippen LogP contribution in [0, 0.1) is 11.8 Å². The highest BCUT2D eigenvalue weighted by Gasteiger charge is 2.24. The Kier molecular flexibility index (Phi) is 5.62. The van der Waals surface area contributed by atoms with E-state index >= 15 is 0 Å². The summed E-state index contributed by atoms with van der Waals surface area (Å²) < 4.78 is 5.98. The largest absolute Gasteiger partial charge is 0.376 e. The topological polar surface area (TPSA) is 35.2 Å². The Morgan fingerprint density at radius 2 is 1.93 bits per heavy atom. The summed E-state index contributed by atoms with van der Waals surface area (Å²) in [6, 6.07) is 0.199. The highest BCUT2D eigenvalue weighted by atomic mass is 16.5. The second-order valence-corrected chi connectivity index (χ2v) is 5.23. The molecule has 90 valence electrons. The van der Waals surface area contributed by atoms with E-state index in [0.29, 0.717) is 12.0 Å². The third-order valence-corrected chi connectivity index (χ3v) is 3.72. The fourth-order valence-electron chi connectivity index (χ4n) is 2.29. The molecule has 0 spiro atoms. The smallest absolute Gasteiger partial charge is 0.0623 e. The van der Waals surface area contributed by atoms with Gasteiger partial charge in [0.15, 0.2) is 0 Å². The number of ether oxygens (including phenoxy) is 1. The van der Waals surface area contributed by atoms with Gasteiger partial charge in [-0.3, -0.25) is 0 Å². The zero-order valence-electron chi connectivity index (χ0n) is 10.5. The third-order valence-electron chi connectivity index (χ3n) is 3.72. The van der Waals surface area contributed by atoms with Crippen molar-refractivity contribution >= 4 is 0 Å². The Morgan fingerprint density at radius 1 is 1.27 bits per heavy atom. The fraction of sp³-hybridized carbons (Fsp3) is 1.00. The SMILES string of the molecule is CCC1CCCCC1OCC(N)C(C)C. The van der Waals surface area contributed by atoms with Crippen LogP contribution in [-0.2, 0) is 4.74 Å². The van der Waals surface area contributed by atoms with E-state index in [4.69, 9.17) is 10.5 Å². The average molecular weight is 213 g/mol. The summed E-state index contributed by atoms with van der Waals surface area (Å²) in [5.41, 5.74) is 6.00. The molecule has 1 aliphatic rings. The van der Waals surface area contributed by atoms with E-state index in [2.05, 4.69) is 20.8 Å². The predicted molar refractivity (Wildman–Crippen MR) is 64.8 cm³/mol. The summed E-state index contributed by atoms with van der Waals surface area (Å²) >= 11 is 0. The summed E-state index contributed by atoms with van der Waals surface area (Å²) in [5.74, 6) is 1.30. The van der Waals surface area contributed by atoms with Gasteiger partial charge in [0.25, 0.3) is 0 Å². The molecule has 0 radical (unpaired) electrons. The van der Waals surface area contributed by atoms with Crippen molar-refractivity contribution in [3.8, 4) is 0 Å². The molecule has 2 N–H and O–H groups in total. The third kappa shape index (κ3) is 4.12. The number of rotatable bonds is 5. The molecule has 1 fully saturated rings. The molecule has 3 atom stereocenters. The second-order valence-electron chi connectivity index (χ2n) is 5.23. The van der Waals surface area contributed by atoms with Crippen LogP contribution in [0.3, 0.4) is 0 Å². The first-order valence-electron chi connectivity index (χ1n) is 6.52. The van der Waals surface area contributed by atoms with Crippen LogP contribution >= 0.6 is 0 Å². The van der Waals surface area contributed by atoms with E-state index in [1.54, 1.807) is 0 Å². The van der Waals surface area contributed by atoms with Gasteiger partial charge in [0.05, 0.1) is 12.7 Å². The second kappa shape index (κ2) is 6.49. The molecule has 0 saturated heterocycles. The highest BCUT2D eigenvalue weighted by molar-refractivity contribution is 4.76. The highest BCUT2D eigenvalue weighted by Crippen LogP contribution is 2.29. The normalized spacial score (nSPS) is 29.4. The van der Waals surface area contributed by atoms with Crippen LogP contribution in [0.1, 0.15) is 52.9 Å².